The van der Waals surface area contributed by atoms with Crippen LogP contribution in [0.25, 0.3) is 11.1 Å². The molecule has 35 heavy (non-hydrogen) atoms. The Balaban J connectivity index is 1.17. The van der Waals surface area contributed by atoms with Crippen LogP contribution < -0.4 is 5.32 Å². The van der Waals surface area contributed by atoms with Crippen molar-refractivity contribution in [1.82, 2.24) is 10.2 Å². The Kier molecular flexibility index (Phi) is 8.36. The van der Waals surface area contributed by atoms with Crippen molar-refractivity contribution in [2.75, 3.05) is 32.9 Å². The second kappa shape index (κ2) is 11.8. The summed E-state index contributed by atoms with van der Waals surface area (Å²) in [4.78, 5) is 37.4. The van der Waals surface area contributed by atoms with Gasteiger partial charge >= 0.3 is 12.1 Å². The first-order valence-corrected chi connectivity index (χ1v) is 12.2. The van der Waals surface area contributed by atoms with Crippen molar-refractivity contribution in [2.45, 2.75) is 44.1 Å². The molecule has 2 aromatic rings. The number of rotatable bonds is 10. The summed E-state index contributed by atoms with van der Waals surface area (Å²) in [6.07, 6.45) is 2.73. The van der Waals surface area contributed by atoms with Crippen molar-refractivity contribution in [3.05, 3.63) is 59.7 Å². The largest absolute Gasteiger partial charge is 0.481 e. The van der Waals surface area contributed by atoms with Crippen LogP contribution in [0.4, 0.5) is 4.79 Å². The minimum absolute atomic E-state index is 0.000590. The average molecular weight is 481 g/mol. The number of nitrogens with one attached hydrogen (secondary N) is 1. The Morgan fingerprint density at radius 1 is 1.00 bits per heavy atom. The van der Waals surface area contributed by atoms with Crippen molar-refractivity contribution >= 4 is 18.0 Å². The zero-order valence-electron chi connectivity index (χ0n) is 19.8. The normalized spacial score (nSPS) is 16.9. The highest BCUT2D eigenvalue weighted by Gasteiger charge is 2.29. The fourth-order valence-electron chi connectivity index (χ4n) is 5.04. The van der Waals surface area contributed by atoms with Gasteiger partial charge in [0.15, 0.2) is 0 Å². The standard InChI is InChI=1S/C27H32N2O6/c30-25(29-15-6-5-7-19(29)12-13-26(31)32)18-34-16-14-28-27(33)35-17-24-22-10-3-1-8-20(22)21-9-2-4-11-23(21)24/h1-4,8-11,19,24H,5-7,12-18H2,(H,28,33)(H,31,32). The summed E-state index contributed by atoms with van der Waals surface area (Å²) in [6.45, 7) is 1.20. The van der Waals surface area contributed by atoms with Crippen LogP contribution in [-0.2, 0) is 19.1 Å². The number of aliphatic carboxylic acids is 1. The number of carbonyl (C=O) groups excluding carboxylic acids is 2. The Hall–Kier alpha value is -3.39. The Morgan fingerprint density at radius 2 is 1.69 bits per heavy atom. The van der Waals surface area contributed by atoms with E-state index in [1.807, 2.05) is 24.3 Å². The third-order valence-electron chi connectivity index (χ3n) is 6.72. The van der Waals surface area contributed by atoms with Gasteiger partial charge in [0.1, 0.15) is 13.2 Å². The van der Waals surface area contributed by atoms with Crippen molar-refractivity contribution < 1.29 is 29.0 Å². The SMILES string of the molecule is O=C(O)CCC1CCCCN1C(=O)COCCNC(=O)OCC1c2ccccc2-c2ccccc21. The number of hydrogen-bond acceptors (Lipinski definition) is 5. The zero-order valence-corrected chi connectivity index (χ0v) is 19.8. The summed E-state index contributed by atoms with van der Waals surface area (Å²) >= 11 is 0. The summed E-state index contributed by atoms with van der Waals surface area (Å²) in [6, 6.07) is 16.3. The van der Waals surface area contributed by atoms with Crippen LogP contribution in [-0.4, -0.2) is 66.9 Å². The van der Waals surface area contributed by atoms with Gasteiger partial charge in [-0.05, 0) is 47.9 Å². The van der Waals surface area contributed by atoms with Crippen LogP contribution in [0, 0.1) is 0 Å². The van der Waals surface area contributed by atoms with Gasteiger partial charge in [-0.25, -0.2) is 4.79 Å². The van der Waals surface area contributed by atoms with Gasteiger partial charge in [-0.2, -0.15) is 0 Å². The lowest BCUT2D eigenvalue weighted by molar-refractivity contribution is -0.142. The predicted octanol–water partition coefficient (Wildman–Crippen LogP) is 3.79. The van der Waals surface area contributed by atoms with E-state index in [1.165, 1.54) is 11.1 Å². The Labute approximate surface area is 205 Å². The molecule has 0 aromatic heterocycles. The molecular formula is C27H32N2O6. The number of benzene rings is 2. The number of nitrogens with zero attached hydrogens (tertiary/aromatic N) is 1. The first-order chi connectivity index (χ1) is 17.0. The molecule has 8 heteroatoms. The lowest BCUT2D eigenvalue weighted by atomic mass is 9.98. The number of amides is 2. The summed E-state index contributed by atoms with van der Waals surface area (Å²) in [5.41, 5.74) is 4.66. The second-order valence-corrected chi connectivity index (χ2v) is 8.97. The molecule has 4 rings (SSSR count). The number of piperidine rings is 1. The van der Waals surface area contributed by atoms with Gasteiger partial charge in [0.25, 0.3) is 0 Å². The summed E-state index contributed by atoms with van der Waals surface area (Å²) < 4.78 is 11.0. The number of likely N-dealkylation sites (tertiary alicyclic amines) is 1. The molecule has 2 aliphatic rings. The molecule has 2 aromatic carbocycles. The number of carboxylic acids is 1. The third kappa shape index (κ3) is 6.19. The molecule has 1 aliphatic heterocycles. The molecule has 1 aliphatic carbocycles. The molecule has 0 spiro atoms. The minimum Gasteiger partial charge on any atom is -0.481 e. The Bertz CT molecular complexity index is 1010. The first kappa shape index (κ1) is 24.7. The fourth-order valence-corrected chi connectivity index (χ4v) is 5.04. The van der Waals surface area contributed by atoms with Gasteiger partial charge in [-0.3, -0.25) is 9.59 Å². The highest BCUT2D eigenvalue weighted by Crippen LogP contribution is 2.44. The molecule has 0 saturated carbocycles. The van der Waals surface area contributed by atoms with Gasteiger partial charge < -0.3 is 24.8 Å². The average Bonchev–Trinajstić information content (AvgIpc) is 3.19. The van der Waals surface area contributed by atoms with E-state index in [1.54, 1.807) is 4.90 Å². The van der Waals surface area contributed by atoms with E-state index < -0.39 is 12.1 Å². The van der Waals surface area contributed by atoms with E-state index in [2.05, 4.69) is 29.6 Å². The number of carboxylic acid groups (broad SMARTS) is 1. The smallest absolute Gasteiger partial charge is 0.407 e. The van der Waals surface area contributed by atoms with E-state index in [-0.39, 0.29) is 50.7 Å². The highest BCUT2D eigenvalue weighted by atomic mass is 16.5. The van der Waals surface area contributed by atoms with Crippen LogP contribution in [0.5, 0.6) is 0 Å². The van der Waals surface area contributed by atoms with E-state index in [0.29, 0.717) is 13.0 Å². The fraction of sp³-hybridized carbons (Fsp3) is 0.444. The maximum absolute atomic E-state index is 12.5. The van der Waals surface area contributed by atoms with Crippen LogP contribution in [0.15, 0.2) is 48.5 Å². The topological polar surface area (TPSA) is 105 Å². The number of fused-ring (bicyclic) bond motifs is 3. The first-order valence-electron chi connectivity index (χ1n) is 12.2. The number of carbonyl (C=O) groups is 3. The van der Waals surface area contributed by atoms with Crippen molar-refractivity contribution in [3.63, 3.8) is 0 Å². The van der Waals surface area contributed by atoms with Gasteiger partial charge in [-0.1, -0.05) is 48.5 Å². The van der Waals surface area contributed by atoms with E-state index in [9.17, 15) is 14.4 Å². The van der Waals surface area contributed by atoms with E-state index in [0.717, 1.165) is 30.4 Å². The van der Waals surface area contributed by atoms with Gasteiger partial charge in [0, 0.05) is 31.5 Å². The molecule has 8 nitrogen and oxygen atoms in total. The molecule has 1 unspecified atom stereocenters. The van der Waals surface area contributed by atoms with Gasteiger partial charge in [0.2, 0.25) is 5.91 Å². The molecule has 1 heterocycles. The Morgan fingerprint density at radius 3 is 2.37 bits per heavy atom. The lowest BCUT2D eigenvalue weighted by Crippen LogP contribution is -2.45. The monoisotopic (exact) mass is 480 g/mol. The molecule has 0 radical (unpaired) electrons. The number of alkyl carbamates (subject to hydrolysis) is 1. The van der Waals surface area contributed by atoms with Crippen LogP contribution in [0.1, 0.15) is 49.1 Å². The molecule has 0 bridgehead atoms. The molecule has 1 saturated heterocycles. The van der Waals surface area contributed by atoms with E-state index in [4.69, 9.17) is 14.6 Å². The van der Waals surface area contributed by atoms with E-state index >= 15 is 0 Å². The maximum atomic E-state index is 12.5. The summed E-state index contributed by atoms with van der Waals surface area (Å²) in [5, 5.41) is 11.6. The molecule has 2 N–H and O–H groups in total. The molecule has 2 amide bonds. The minimum atomic E-state index is -0.849. The van der Waals surface area contributed by atoms with Crippen LogP contribution >= 0.6 is 0 Å². The molecular weight excluding hydrogens is 448 g/mol. The number of ether oxygens (including phenoxy) is 2. The van der Waals surface area contributed by atoms with Crippen molar-refractivity contribution in [1.29, 1.82) is 0 Å². The quantitative estimate of drug-likeness (QED) is 0.502. The molecule has 1 atom stereocenters. The third-order valence-corrected chi connectivity index (χ3v) is 6.72. The van der Waals surface area contributed by atoms with Gasteiger partial charge in [0.05, 0.1) is 6.61 Å². The van der Waals surface area contributed by atoms with Crippen molar-refractivity contribution in [3.8, 4) is 11.1 Å². The lowest BCUT2D eigenvalue weighted by Gasteiger charge is -2.35. The summed E-state index contributed by atoms with van der Waals surface area (Å²) in [5.74, 6) is -0.986. The maximum Gasteiger partial charge on any atom is 0.407 e. The highest BCUT2D eigenvalue weighted by molar-refractivity contribution is 5.79. The van der Waals surface area contributed by atoms with Crippen LogP contribution in [0.3, 0.4) is 0 Å². The van der Waals surface area contributed by atoms with Crippen molar-refractivity contribution in [2.24, 2.45) is 0 Å². The van der Waals surface area contributed by atoms with Crippen LogP contribution in [0.2, 0.25) is 0 Å². The predicted molar refractivity (Wildman–Crippen MR) is 130 cm³/mol. The zero-order chi connectivity index (χ0) is 24.6. The molecule has 1 fully saturated rings. The van der Waals surface area contributed by atoms with Gasteiger partial charge in [-0.15, -0.1) is 0 Å². The summed E-state index contributed by atoms with van der Waals surface area (Å²) in [7, 11) is 0. The second-order valence-electron chi connectivity index (χ2n) is 8.97. The molecule has 186 valence electrons. The number of hydrogen-bond donors (Lipinski definition) is 2.